The smallest absolute Gasteiger partial charge is 0.375 e. The second kappa shape index (κ2) is 4.93. The van der Waals surface area contributed by atoms with Crippen LogP contribution in [0.15, 0.2) is 11.6 Å². The molecule has 0 aliphatic carbocycles. The first-order valence-electron chi connectivity index (χ1n) is 3.50. The summed E-state index contributed by atoms with van der Waals surface area (Å²) in [5, 5.41) is 0.140. The van der Waals surface area contributed by atoms with Crippen LogP contribution >= 0.6 is 11.6 Å². The van der Waals surface area contributed by atoms with Crippen LogP contribution in [0.2, 0.25) is 0 Å². The summed E-state index contributed by atoms with van der Waals surface area (Å²) in [6, 6.07) is 0. The normalized spacial score (nSPS) is 9.67. The van der Waals surface area contributed by atoms with E-state index < -0.39 is 11.8 Å². The lowest BCUT2D eigenvalue weighted by Crippen LogP contribution is -2.20. The van der Waals surface area contributed by atoms with Crippen molar-refractivity contribution < 1.29 is 14.3 Å². The number of ketones is 1. The van der Waals surface area contributed by atoms with Gasteiger partial charge < -0.3 is 4.74 Å². The van der Waals surface area contributed by atoms with Gasteiger partial charge in [-0.15, -0.1) is 0 Å². The molecule has 0 fully saturated rings. The minimum absolute atomic E-state index is 0.140. The van der Waals surface area contributed by atoms with Gasteiger partial charge in [-0.25, -0.2) is 4.79 Å². The summed E-state index contributed by atoms with van der Waals surface area (Å²) in [5.41, 5.74) is 0. The Kier molecular flexibility index (Phi) is 4.59. The molecule has 0 radical (unpaired) electrons. The van der Waals surface area contributed by atoms with E-state index in [0.717, 1.165) is 0 Å². The second-order valence-electron chi connectivity index (χ2n) is 2.57. The maximum atomic E-state index is 10.9. The third-order valence-corrected chi connectivity index (χ3v) is 1.06. The molecule has 0 amide bonds. The van der Waals surface area contributed by atoms with E-state index in [1.807, 2.05) is 0 Å². The van der Waals surface area contributed by atoms with Crippen molar-refractivity contribution in [3.63, 3.8) is 0 Å². The van der Waals surface area contributed by atoms with Gasteiger partial charge >= 0.3 is 5.97 Å². The van der Waals surface area contributed by atoms with Crippen molar-refractivity contribution in [1.82, 2.24) is 0 Å². The first-order chi connectivity index (χ1) is 5.43. The molecule has 0 saturated heterocycles. The number of hydrogen-bond donors (Lipinski definition) is 0. The Balaban J connectivity index is 3.94. The van der Waals surface area contributed by atoms with Crippen molar-refractivity contribution >= 4 is 23.4 Å². The highest BCUT2D eigenvalue weighted by Gasteiger charge is 2.16. The lowest BCUT2D eigenvalue weighted by atomic mass is 10.3. The first kappa shape index (κ1) is 11.2. The van der Waals surface area contributed by atoms with Crippen molar-refractivity contribution in [2.24, 2.45) is 0 Å². The summed E-state index contributed by atoms with van der Waals surface area (Å²) in [7, 11) is 0. The number of carbonyl (C=O) groups excluding carboxylic acids is 2. The molecule has 0 heterocycles. The highest BCUT2D eigenvalue weighted by Crippen LogP contribution is 2.05. The number of carbonyl (C=O) groups is 2. The highest BCUT2D eigenvalue weighted by molar-refractivity contribution is 6.38. The maximum Gasteiger partial charge on any atom is 0.375 e. The van der Waals surface area contributed by atoms with Crippen LogP contribution in [0.4, 0.5) is 0 Å². The lowest BCUT2D eigenvalue weighted by molar-refractivity contribution is -0.156. The molecule has 12 heavy (non-hydrogen) atoms. The van der Waals surface area contributed by atoms with Crippen molar-refractivity contribution in [3.8, 4) is 0 Å². The Labute approximate surface area is 76.3 Å². The lowest BCUT2D eigenvalue weighted by Gasteiger charge is -2.05. The van der Waals surface area contributed by atoms with Crippen LogP contribution in [0.3, 0.4) is 0 Å². The number of halogens is 1. The molecule has 0 aliphatic heterocycles. The predicted octanol–water partition coefficient (Wildman–Crippen LogP) is 1.65. The van der Waals surface area contributed by atoms with Crippen molar-refractivity contribution in [2.75, 3.05) is 0 Å². The SMILES string of the molecule is C=C(Cl)CC(=O)C(=O)OC(C)C. The van der Waals surface area contributed by atoms with E-state index in [4.69, 9.17) is 11.6 Å². The summed E-state index contributed by atoms with van der Waals surface area (Å²) in [5.74, 6) is -1.52. The average Bonchev–Trinajstić information content (AvgIpc) is 1.84. The molecule has 0 atom stereocenters. The molecule has 0 saturated carbocycles. The molecule has 0 aromatic heterocycles. The Bertz CT molecular complexity index is 208. The fourth-order valence-electron chi connectivity index (χ4n) is 0.526. The van der Waals surface area contributed by atoms with E-state index >= 15 is 0 Å². The minimum atomic E-state index is -0.855. The monoisotopic (exact) mass is 190 g/mol. The zero-order chi connectivity index (χ0) is 9.72. The van der Waals surface area contributed by atoms with Crippen LogP contribution < -0.4 is 0 Å². The average molecular weight is 191 g/mol. The van der Waals surface area contributed by atoms with Gasteiger partial charge in [-0.3, -0.25) is 4.79 Å². The number of esters is 1. The van der Waals surface area contributed by atoms with Gasteiger partial charge in [0.05, 0.1) is 12.5 Å². The summed E-state index contributed by atoms with van der Waals surface area (Å²) < 4.78 is 4.62. The first-order valence-corrected chi connectivity index (χ1v) is 3.88. The number of Topliss-reactive ketones (excluding diaryl/α,β-unsaturated/α-hetero) is 1. The molecule has 0 aromatic rings. The summed E-state index contributed by atoms with van der Waals surface area (Å²) in [6.07, 6.45) is -0.447. The zero-order valence-corrected chi connectivity index (χ0v) is 7.85. The molecule has 0 aromatic carbocycles. The third kappa shape index (κ3) is 4.91. The molecule has 0 bridgehead atoms. The predicted molar refractivity (Wildman–Crippen MR) is 45.8 cm³/mol. The van der Waals surface area contributed by atoms with Crippen LogP contribution in [-0.4, -0.2) is 17.9 Å². The second-order valence-corrected chi connectivity index (χ2v) is 3.11. The van der Waals surface area contributed by atoms with E-state index in [-0.39, 0.29) is 17.6 Å². The number of rotatable bonds is 4. The summed E-state index contributed by atoms with van der Waals surface area (Å²) in [6.45, 7) is 6.63. The van der Waals surface area contributed by atoms with E-state index in [0.29, 0.717) is 0 Å². The van der Waals surface area contributed by atoms with Gasteiger partial charge in [0.15, 0.2) is 0 Å². The molecule has 0 rings (SSSR count). The molecule has 0 spiro atoms. The van der Waals surface area contributed by atoms with E-state index in [1.54, 1.807) is 13.8 Å². The molecule has 4 heteroatoms. The minimum Gasteiger partial charge on any atom is -0.457 e. The van der Waals surface area contributed by atoms with Crippen molar-refractivity contribution in [2.45, 2.75) is 26.4 Å². The third-order valence-electron chi connectivity index (χ3n) is 0.923. The van der Waals surface area contributed by atoms with E-state index in [2.05, 4.69) is 11.3 Å². The molecule has 0 aliphatic rings. The topological polar surface area (TPSA) is 43.4 Å². The van der Waals surface area contributed by atoms with E-state index in [9.17, 15) is 9.59 Å². The fraction of sp³-hybridized carbons (Fsp3) is 0.500. The number of hydrogen-bond acceptors (Lipinski definition) is 3. The fourth-order valence-corrected chi connectivity index (χ4v) is 0.648. The molecule has 68 valence electrons. The molecule has 0 unspecified atom stereocenters. The van der Waals surface area contributed by atoms with Gasteiger partial charge in [0, 0.05) is 5.03 Å². The van der Waals surface area contributed by atoms with Crippen LogP contribution in [0.25, 0.3) is 0 Å². The largest absolute Gasteiger partial charge is 0.457 e. The van der Waals surface area contributed by atoms with Crippen LogP contribution in [0, 0.1) is 0 Å². The number of ether oxygens (including phenoxy) is 1. The van der Waals surface area contributed by atoms with Crippen molar-refractivity contribution in [1.29, 1.82) is 0 Å². The highest BCUT2D eigenvalue weighted by atomic mass is 35.5. The Hall–Kier alpha value is -0.830. The van der Waals surface area contributed by atoms with E-state index in [1.165, 1.54) is 0 Å². The molecule has 3 nitrogen and oxygen atoms in total. The van der Waals surface area contributed by atoms with Gasteiger partial charge in [0.2, 0.25) is 5.78 Å². The molecular weight excluding hydrogens is 180 g/mol. The van der Waals surface area contributed by atoms with Crippen molar-refractivity contribution in [3.05, 3.63) is 11.6 Å². The van der Waals surface area contributed by atoms with Crippen LogP contribution in [0.1, 0.15) is 20.3 Å². The Morgan fingerprint density at radius 1 is 1.50 bits per heavy atom. The zero-order valence-electron chi connectivity index (χ0n) is 7.09. The van der Waals surface area contributed by atoms with Crippen LogP contribution in [0.5, 0.6) is 0 Å². The maximum absolute atomic E-state index is 10.9. The van der Waals surface area contributed by atoms with Gasteiger partial charge in [-0.1, -0.05) is 18.2 Å². The molecule has 0 N–H and O–H groups in total. The van der Waals surface area contributed by atoms with Gasteiger partial charge in [0.1, 0.15) is 0 Å². The number of allylic oxidation sites excluding steroid dienone is 1. The van der Waals surface area contributed by atoms with Crippen LogP contribution in [-0.2, 0) is 14.3 Å². The summed E-state index contributed by atoms with van der Waals surface area (Å²) >= 11 is 5.33. The Morgan fingerprint density at radius 2 is 2.00 bits per heavy atom. The van der Waals surface area contributed by atoms with Gasteiger partial charge in [-0.05, 0) is 13.8 Å². The summed E-state index contributed by atoms with van der Waals surface area (Å²) in [4.78, 5) is 21.7. The van der Waals surface area contributed by atoms with Gasteiger partial charge in [0.25, 0.3) is 0 Å². The van der Waals surface area contributed by atoms with Gasteiger partial charge in [-0.2, -0.15) is 0 Å². The standard InChI is InChI=1S/C8H11ClO3/c1-5(2)12-8(11)7(10)4-6(3)9/h5H,3-4H2,1-2H3. The molecular formula is C8H11ClO3. The quantitative estimate of drug-likeness (QED) is 0.500. The Morgan fingerprint density at radius 3 is 2.33 bits per heavy atom.